The third-order valence-electron chi connectivity index (χ3n) is 3.04. The van der Waals surface area contributed by atoms with Crippen LogP contribution in [0.5, 0.6) is 0 Å². The van der Waals surface area contributed by atoms with Crippen molar-refractivity contribution in [2.45, 2.75) is 6.54 Å². The summed E-state index contributed by atoms with van der Waals surface area (Å²) in [5, 5.41) is 4.02. The maximum Gasteiger partial charge on any atom is 0.346 e. The normalized spacial score (nSPS) is 10.6. The van der Waals surface area contributed by atoms with Crippen LogP contribution in [0.1, 0.15) is 5.56 Å². The minimum Gasteiger partial charge on any atom is -0.399 e. The predicted octanol–water partition coefficient (Wildman–Crippen LogP) is -0.302. The van der Waals surface area contributed by atoms with Crippen molar-refractivity contribution >= 4 is 11.5 Å². The Kier molecular flexibility index (Phi) is 3.60. The van der Waals surface area contributed by atoms with Crippen molar-refractivity contribution in [3.8, 4) is 0 Å². The highest BCUT2D eigenvalue weighted by molar-refractivity contribution is 5.43. The quantitative estimate of drug-likeness (QED) is 0.777. The van der Waals surface area contributed by atoms with Gasteiger partial charge in [0.15, 0.2) is 0 Å². The lowest BCUT2D eigenvalue weighted by Crippen LogP contribution is -2.42. The second-order valence-corrected chi connectivity index (χ2v) is 4.70. The summed E-state index contributed by atoms with van der Waals surface area (Å²) >= 11 is 0. The topological polar surface area (TPSA) is 86.2 Å². The van der Waals surface area contributed by atoms with Gasteiger partial charge in [0.25, 0.3) is 5.56 Å². The van der Waals surface area contributed by atoms with Gasteiger partial charge in [0.2, 0.25) is 5.82 Å². The van der Waals surface area contributed by atoms with E-state index in [-0.39, 0.29) is 5.82 Å². The standard InChI is InChI=1S/C13H17N5O2/c1-16(8-9-5-4-6-10(14)7-9)11-12(19)17(2)13(20)18(3)15-11/h4-7H,8,14H2,1-3H3. The number of aryl methyl sites for hydroxylation is 1. The smallest absolute Gasteiger partial charge is 0.346 e. The van der Waals surface area contributed by atoms with E-state index in [2.05, 4.69) is 5.10 Å². The van der Waals surface area contributed by atoms with Crippen LogP contribution in [0.2, 0.25) is 0 Å². The molecule has 0 aliphatic rings. The second-order valence-electron chi connectivity index (χ2n) is 4.70. The van der Waals surface area contributed by atoms with E-state index >= 15 is 0 Å². The van der Waals surface area contributed by atoms with Gasteiger partial charge in [0.05, 0.1) is 0 Å². The Bertz CT molecular complexity index is 747. The summed E-state index contributed by atoms with van der Waals surface area (Å²) in [4.78, 5) is 25.3. The number of nitrogens with zero attached hydrogens (tertiary/aromatic N) is 4. The molecule has 0 spiro atoms. The minimum atomic E-state index is -0.448. The van der Waals surface area contributed by atoms with E-state index in [4.69, 9.17) is 5.73 Å². The van der Waals surface area contributed by atoms with Gasteiger partial charge in [-0.25, -0.2) is 9.48 Å². The molecule has 2 N–H and O–H groups in total. The van der Waals surface area contributed by atoms with Crippen LogP contribution in [0.25, 0.3) is 0 Å². The first-order chi connectivity index (χ1) is 9.40. The van der Waals surface area contributed by atoms with Crippen molar-refractivity contribution in [1.29, 1.82) is 0 Å². The average Bonchev–Trinajstić information content (AvgIpc) is 2.40. The van der Waals surface area contributed by atoms with Crippen molar-refractivity contribution in [1.82, 2.24) is 14.3 Å². The van der Waals surface area contributed by atoms with Gasteiger partial charge in [-0.2, -0.15) is 0 Å². The summed E-state index contributed by atoms with van der Waals surface area (Å²) in [6.45, 7) is 0.478. The maximum absolute atomic E-state index is 12.1. The summed E-state index contributed by atoms with van der Waals surface area (Å²) in [6.07, 6.45) is 0. The minimum absolute atomic E-state index is 0.219. The van der Waals surface area contributed by atoms with Crippen molar-refractivity contribution in [3.63, 3.8) is 0 Å². The molecule has 1 heterocycles. The highest BCUT2D eigenvalue weighted by Crippen LogP contribution is 2.10. The number of hydrogen-bond donors (Lipinski definition) is 1. The highest BCUT2D eigenvalue weighted by atomic mass is 16.2. The molecule has 0 fully saturated rings. The van der Waals surface area contributed by atoms with Gasteiger partial charge < -0.3 is 10.6 Å². The Morgan fingerprint density at radius 1 is 1.30 bits per heavy atom. The molecule has 0 radical (unpaired) electrons. The van der Waals surface area contributed by atoms with Gasteiger partial charge >= 0.3 is 5.69 Å². The molecular weight excluding hydrogens is 258 g/mol. The molecule has 0 amide bonds. The summed E-state index contributed by atoms with van der Waals surface area (Å²) < 4.78 is 2.19. The van der Waals surface area contributed by atoms with Gasteiger partial charge in [0, 0.05) is 33.4 Å². The zero-order chi connectivity index (χ0) is 14.9. The molecule has 106 valence electrons. The van der Waals surface area contributed by atoms with Crippen LogP contribution >= 0.6 is 0 Å². The first-order valence-electron chi connectivity index (χ1n) is 6.10. The van der Waals surface area contributed by atoms with E-state index < -0.39 is 11.2 Å². The molecule has 0 bridgehead atoms. The molecule has 7 heteroatoms. The lowest BCUT2D eigenvalue weighted by molar-refractivity contribution is 0.593. The van der Waals surface area contributed by atoms with Crippen molar-refractivity contribution in [2.75, 3.05) is 17.7 Å². The molecule has 1 aromatic heterocycles. The fraction of sp³-hybridized carbons (Fsp3) is 0.308. The second kappa shape index (κ2) is 5.20. The zero-order valence-corrected chi connectivity index (χ0v) is 11.7. The van der Waals surface area contributed by atoms with Gasteiger partial charge in [-0.3, -0.25) is 9.36 Å². The number of benzene rings is 1. The number of nitrogens with two attached hydrogens (primary N) is 1. The maximum atomic E-state index is 12.1. The van der Waals surface area contributed by atoms with Crippen LogP contribution in [-0.2, 0) is 20.6 Å². The van der Waals surface area contributed by atoms with Crippen LogP contribution in [0, 0.1) is 0 Å². The highest BCUT2D eigenvalue weighted by Gasteiger charge is 2.13. The zero-order valence-electron chi connectivity index (χ0n) is 11.7. The third-order valence-corrected chi connectivity index (χ3v) is 3.04. The monoisotopic (exact) mass is 275 g/mol. The Hall–Kier alpha value is -2.57. The summed E-state index contributed by atoms with van der Waals surface area (Å²) in [5.41, 5.74) is 6.49. The number of aromatic nitrogens is 3. The Morgan fingerprint density at radius 2 is 2.00 bits per heavy atom. The van der Waals surface area contributed by atoms with Gasteiger partial charge in [-0.05, 0) is 17.7 Å². The number of anilines is 2. The van der Waals surface area contributed by atoms with Crippen LogP contribution < -0.4 is 21.9 Å². The van der Waals surface area contributed by atoms with Crippen molar-refractivity contribution in [3.05, 3.63) is 50.7 Å². The lowest BCUT2D eigenvalue weighted by atomic mass is 10.2. The Morgan fingerprint density at radius 3 is 2.65 bits per heavy atom. The third kappa shape index (κ3) is 2.56. The molecule has 1 aromatic carbocycles. The molecule has 2 rings (SSSR count). The van der Waals surface area contributed by atoms with Crippen LogP contribution in [0.3, 0.4) is 0 Å². The average molecular weight is 275 g/mol. The summed E-state index contributed by atoms with van der Waals surface area (Å²) in [6, 6.07) is 7.40. The molecule has 0 aliphatic heterocycles. The first-order valence-corrected chi connectivity index (χ1v) is 6.10. The van der Waals surface area contributed by atoms with E-state index in [0.29, 0.717) is 12.2 Å². The fourth-order valence-corrected chi connectivity index (χ4v) is 1.96. The molecule has 7 nitrogen and oxygen atoms in total. The van der Waals surface area contributed by atoms with E-state index in [0.717, 1.165) is 14.8 Å². The van der Waals surface area contributed by atoms with Gasteiger partial charge in [-0.15, -0.1) is 5.10 Å². The van der Waals surface area contributed by atoms with Crippen molar-refractivity contribution < 1.29 is 0 Å². The lowest BCUT2D eigenvalue weighted by Gasteiger charge is -2.18. The number of nitrogen functional groups attached to an aromatic ring is 1. The molecule has 0 aliphatic carbocycles. The summed E-state index contributed by atoms with van der Waals surface area (Å²) in [5.74, 6) is 0.219. The van der Waals surface area contributed by atoms with Gasteiger partial charge in [-0.1, -0.05) is 12.1 Å². The van der Waals surface area contributed by atoms with E-state index in [1.807, 2.05) is 18.2 Å². The molecule has 0 saturated heterocycles. The molecule has 0 saturated carbocycles. The van der Waals surface area contributed by atoms with Crippen LogP contribution in [0.15, 0.2) is 33.9 Å². The largest absolute Gasteiger partial charge is 0.399 e. The fourth-order valence-electron chi connectivity index (χ4n) is 1.96. The molecule has 20 heavy (non-hydrogen) atoms. The summed E-state index contributed by atoms with van der Waals surface area (Å²) in [7, 11) is 4.70. The molecule has 2 aromatic rings. The van der Waals surface area contributed by atoms with Crippen molar-refractivity contribution in [2.24, 2.45) is 14.1 Å². The number of rotatable bonds is 3. The SMILES string of the molecule is CN(Cc1cccc(N)c1)c1nn(C)c(=O)n(C)c1=O. The van der Waals surface area contributed by atoms with E-state index in [1.54, 1.807) is 18.0 Å². The van der Waals surface area contributed by atoms with Crippen LogP contribution in [0.4, 0.5) is 11.5 Å². The molecule has 0 atom stereocenters. The number of hydrogen-bond acceptors (Lipinski definition) is 5. The van der Waals surface area contributed by atoms with Gasteiger partial charge in [0.1, 0.15) is 0 Å². The van der Waals surface area contributed by atoms with E-state index in [1.165, 1.54) is 14.1 Å². The molecule has 0 unspecified atom stereocenters. The Balaban J connectivity index is 2.37. The molecular formula is C13H17N5O2. The van der Waals surface area contributed by atoms with Crippen LogP contribution in [-0.4, -0.2) is 21.4 Å². The Labute approximate surface area is 115 Å². The van der Waals surface area contributed by atoms with E-state index in [9.17, 15) is 9.59 Å². The predicted molar refractivity (Wildman–Crippen MR) is 77.7 cm³/mol. The first kappa shape index (κ1) is 13.9.